The van der Waals surface area contributed by atoms with E-state index in [0.29, 0.717) is 55.7 Å². The number of fused-ring (bicyclic) bond motifs is 1. The van der Waals surface area contributed by atoms with Crippen molar-refractivity contribution < 1.29 is 9.53 Å². The van der Waals surface area contributed by atoms with Gasteiger partial charge in [-0.3, -0.25) is 9.48 Å². The van der Waals surface area contributed by atoms with Crippen molar-refractivity contribution >= 4 is 28.3 Å². The van der Waals surface area contributed by atoms with E-state index in [4.69, 9.17) is 21.4 Å². The molecule has 6 rings (SSSR count). The van der Waals surface area contributed by atoms with E-state index in [2.05, 4.69) is 27.8 Å². The second-order valence-corrected chi connectivity index (χ2v) is 9.60. The number of benzene rings is 3. The van der Waals surface area contributed by atoms with Crippen molar-refractivity contribution in [2.24, 2.45) is 0 Å². The van der Waals surface area contributed by atoms with Crippen molar-refractivity contribution in [3.05, 3.63) is 107 Å². The summed E-state index contributed by atoms with van der Waals surface area (Å²) in [4.78, 5) is 19.9. The van der Waals surface area contributed by atoms with E-state index < -0.39 is 0 Å². The first kappa shape index (κ1) is 23.5. The standard InChI is InChI=1S/C29H26ClN5O2/c30-23-10-8-21(9-11-23)17-34-20-31-16-24(34)18-35-19-27(29(36)33-12-14-37-15-13-33)28(32-35)26-7-3-5-22-4-1-2-6-25(22)26/h1-11,16,19-20H,12-15,17-18H2. The number of hydrogen-bond acceptors (Lipinski definition) is 4. The topological polar surface area (TPSA) is 65.2 Å². The maximum absolute atomic E-state index is 13.7. The molecule has 0 saturated carbocycles. The van der Waals surface area contributed by atoms with Crippen LogP contribution in [-0.4, -0.2) is 56.4 Å². The molecule has 1 saturated heterocycles. The number of morpholine rings is 1. The number of halogens is 1. The van der Waals surface area contributed by atoms with E-state index >= 15 is 0 Å². The van der Waals surface area contributed by atoms with Gasteiger partial charge in [-0.1, -0.05) is 66.2 Å². The average Bonchev–Trinajstić information content (AvgIpc) is 3.56. The highest BCUT2D eigenvalue weighted by Gasteiger charge is 2.25. The molecule has 1 aliphatic heterocycles. The summed E-state index contributed by atoms with van der Waals surface area (Å²) in [5.41, 5.74) is 4.36. The Morgan fingerprint density at radius 1 is 0.946 bits per heavy atom. The Hall–Kier alpha value is -3.94. The molecule has 5 aromatic rings. The molecule has 3 heterocycles. The molecular formula is C29H26ClN5O2. The highest BCUT2D eigenvalue weighted by molar-refractivity contribution is 6.30. The van der Waals surface area contributed by atoms with E-state index in [0.717, 1.165) is 27.6 Å². The second-order valence-electron chi connectivity index (χ2n) is 9.16. The Bertz CT molecular complexity index is 1550. The van der Waals surface area contributed by atoms with Gasteiger partial charge in [0.05, 0.1) is 43.5 Å². The molecule has 0 atom stereocenters. The number of ether oxygens (including phenoxy) is 1. The Morgan fingerprint density at radius 3 is 2.57 bits per heavy atom. The molecule has 186 valence electrons. The zero-order valence-corrected chi connectivity index (χ0v) is 21.0. The van der Waals surface area contributed by atoms with Gasteiger partial charge in [-0.05, 0) is 28.5 Å². The van der Waals surface area contributed by atoms with Crippen LogP contribution in [0.15, 0.2) is 85.5 Å². The van der Waals surface area contributed by atoms with E-state index in [1.165, 1.54) is 0 Å². The summed E-state index contributed by atoms with van der Waals surface area (Å²) in [6.07, 6.45) is 5.53. The van der Waals surface area contributed by atoms with Crippen LogP contribution in [0.4, 0.5) is 0 Å². The molecular weight excluding hydrogens is 486 g/mol. The highest BCUT2D eigenvalue weighted by Crippen LogP contribution is 2.31. The van der Waals surface area contributed by atoms with Crippen molar-refractivity contribution in [1.82, 2.24) is 24.2 Å². The van der Waals surface area contributed by atoms with Crippen LogP contribution in [0.2, 0.25) is 5.02 Å². The Balaban J connectivity index is 1.37. The van der Waals surface area contributed by atoms with Crippen LogP contribution in [0.3, 0.4) is 0 Å². The quantitative estimate of drug-likeness (QED) is 0.317. The van der Waals surface area contributed by atoms with Gasteiger partial charge in [-0.15, -0.1) is 0 Å². The zero-order valence-electron chi connectivity index (χ0n) is 20.3. The van der Waals surface area contributed by atoms with Gasteiger partial charge in [0.15, 0.2) is 0 Å². The normalized spacial score (nSPS) is 13.8. The monoisotopic (exact) mass is 511 g/mol. The summed E-state index contributed by atoms with van der Waals surface area (Å²) in [6, 6.07) is 22.1. The summed E-state index contributed by atoms with van der Waals surface area (Å²) in [6.45, 7) is 3.41. The molecule has 37 heavy (non-hydrogen) atoms. The van der Waals surface area contributed by atoms with Crippen LogP contribution < -0.4 is 0 Å². The Labute approximate surface area is 219 Å². The minimum atomic E-state index is -0.0212. The number of carbonyl (C=O) groups excluding carboxylic acids is 1. The summed E-state index contributed by atoms with van der Waals surface area (Å²) in [5, 5.41) is 7.85. The van der Waals surface area contributed by atoms with Crippen molar-refractivity contribution in [3.63, 3.8) is 0 Å². The number of nitrogens with zero attached hydrogens (tertiary/aromatic N) is 5. The largest absolute Gasteiger partial charge is 0.378 e. The smallest absolute Gasteiger partial charge is 0.257 e. The van der Waals surface area contributed by atoms with Gasteiger partial charge in [-0.25, -0.2) is 4.98 Å². The molecule has 2 aromatic heterocycles. The van der Waals surface area contributed by atoms with Gasteiger partial charge in [0.1, 0.15) is 5.69 Å². The molecule has 1 fully saturated rings. The van der Waals surface area contributed by atoms with Crippen LogP contribution in [0, 0.1) is 0 Å². The van der Waals surface area contributed by atoms with Gasteiger partial charge in [0, 0.05) is 36.4 Å². The molecule has 0 aliphatic carbocycles. The zero-order chi connectivity index (χ0) is 25.2. The number of aromatic nitrogens is 4. The fraction of sp³-hybridized carbons (Fsp3) is 0.207. The van der Waals surface area contributed by atoms with E-state index in [1.54, 1.807) is 0 Å². The molecule has 0 spiro atoms. The van der Waals surface area contributed by atoms with Crippen molar-refractivity contribution in [3.8, 4) is 11.3 Å². The molecule has 0 radical (unpaired) electrons. The highest BCUT2D eigenvalue weighted by atomic mass is 35.5. The molecule has 1 aliphatic rings. The lowest BCUT2D eigenvalue weighted by Gasteiger charge is -2.26. The molecule has 8 heteroatoms. The first-order chi connectivity index (χ1) is 18.2. The van der Waals surface area contributed by atoms with Crippen LogP contribution in [0.5, 0.6) is 0 Å². The first-order valence-electron chi connectivity index (χ1n) is 12.3. The number of hydrogen-bond donors (Lipinski definition) is 0. The SMILES string of the molecule is O=C(c1cn(Cc2cncn2Cc2ccc(Cl)cc2)nc1-c1cccc2ccccc12)N1CCOCC1. The average molecular weight is 512 g/mol. The van der Waals surface area contributed by atoms with Gasteiger partial charge in [-0.2, -0.15) is 5.10 Å². The minimum Gasteiger partial charge on any atom is -0.378 e. The third-order valence-corrected chi connectivity index (χ3v) is 6.98. The molecule has 0 unspecified atom stereocenters. The summed E-state index contributed by atoms with van der Waals surface area (Å²) < 4.78 is 9.41. The Morgan fingerprint density at radius 2 is 1.73 bits per heavy atom. The van der Waals surface area contributed by atoms with E-state index in [-0.39, 0.29) is 5.91 Å². The van der Waals surface area contributed by atoms with Gasteiger partial charge in [0.25, 0.3) is 5.91 Å². The number of carbonyl (C=O) groups is 1. The predicted molar refractivity (Wildman–Crippen MR) is 144 cm³/mol. The Kier molecular flexibility index (Phi) is 6.47. The lowest BCUT2D eigenvalue weighted by atomic mass is 9.99. The summed E-state index contributed by atoms with van der Waals surface area (Å²) in [7, 11) is 0. The fourth-order valence-corrected chi connectivity index (χ4v) is 4.93. The molecule has 7 nitrogen and oxygen atoms in total. The molecule has 0 bridgehead atoms. The predicted octanol–water partition coefficient (Wildman–Crippen LogP) is 5.12. The lowest BCUT2D eigenvalue weighted by molar-refractivity contribution is 0.0303. The number of amides is 1. The van der Waals surface area contributed by atoms with Crippen molar-refractivity contribution in [1.29, 1.82) is 0 Å². The van der Waals surface area contributed by atoms with Crippen molar-refractivity contribution in [2.45, 2.75) is 13.1 Å². The third kappa shape index (κ3) is 4.88. The van der Waals surface area contributed by atoms with Crippen LogP contribution in [0.1, 0.15) is 21.6 Å². The van der Waals surface area contributed by atoms with E-state index in [1.807, 2.05) is 76.8 Å². The number of imidazole rings is 1. The molecule has 0 N–H and O–H groups in total. The van der Waals surface area contributed by atoms with Gasteiger partial charge < -0.3 is 14.2 Å². The van der Waals surface area contributed by atoms with Crippen LogP contribution >= 0.6 is 11.6 Å². The lowest BCUT2D eigenvalue weighted by Crippen LogP contribution is -2.40. The van der Waals surface area contributed by atoms with Gasteiger partial charge in [0.2, 0.25) is 0 Å². The second kappa shape index (κ2) is 10.2. The van der Waals surface area contributed by atoms with Gasteiger partial charge >= 0.3 is 0 Å². The van der Waals surface area contributed by atoms with Crippen LogP contribution in [0.25, 0.3) is 22.0 Å². The van der Waals surface area contributed by atoms with Crippen LogP contribution in [-0.2, 0) is 17.8 Å². The summed E-state index contributed by atoms with van der Waals surface area (Å²) >= 11 is 6.05. The fourth-order valence-electron chi connectivity index (χ4n) is 4.80. The summed E-state index contributed by atoms with van der Waals surface area (Å²) in [5.74, 6) is -0.0212. The molecule has 3 aromatic carbocycles. The maximum Gasteiger partial charge on any atom is 0.257 e. The number of rotatable bonds is 6. The minimum absolute atomic E-state index is 0.0212. The van der Waals surface area contributed by atoms with E-state index in [9.17, 15) is 4.79 Å². The molecule has 1 amide bonds. The first-order valence-corrected chi connectivity index (χ1v) is 12.7. The maximum atomic E-state index is 13.7. The van der Waals surface area contributed by atoms with Crippen molar-refractivity contribution in [2.75, 3.05) is 26.3 Å². The third-order valence-electron chi connectivity index (χ3n) is 6.72.